The summed E-state index contributed by atoms with van der Waals surface area (Å²) in [4.78, 5) is 283. The van der Waals surface area contributed by atoms with Crippen molar-refractivity contribution in [2.75, 3.05) is 65.4 Å². The van der Waals surface area contributed by atoms with Crippen molar-refractivity contribution in [2.24, 2.45) is 17.2 Å². The number of carbonyl (C=O) groups excluding carboxylic acids is 16. The summed E-state index contributed by atoms with van der Waals surface area (Å²) in [7, 11) is 3.73. The zero-order valence-corrected chi connectivity index (χ0v) is 80.1. The molecule has 3 saturated heterocycles. The molecule has 15 atom stereocenters. The highest BCUT2D eigenvalue weighted by molar-refractivity contribution is 8.00. The zero-order valence-electron chi connectivity index (χ0n) is 79.2. The van der Waals surface area contributed by atoms with Gasteiger partial charge in [-0.1, -0.05) is 88.1 Å². The van der Waals surface area contributed by atoms with Crippen LogP contribution in [0, 0.1) is 10.8 Å². The van der Waals surface area contributed by atoms with Gasteiger partial charge in [-0.15, -0.1) is 11.8 Å². The number of guanidine groups is 2. The number of phenols is 1. The molecule has 27 N–H and O–H groups in total. The van der Waals surface area contributed by atoms with Gasteiger partial charge in [0.25, 0.3) is 0 Å². The first-order valence-electron chi connectivity index (χ1n) is 46.6. The number of likely N-dealkylation sites (N-methyl/N-ethyl adjacent to an activating group) is 3. The van der Waals surface area contributed by atoms with Crippen molar-refractivity contribution in [1.82, 2.24) is 108 Å². The van der Waals surface area contributed by atoms with Gasteiger partial charge in [-0.05, 0) is 99.2 Å². The number of H-pyrrole nitrogens is 3. The molecule has 3 fully saturated rings. The van der Waals surface area contributed by atoms with E-state index >= 15 is 38.4 Å². The summed E-state index contributed by atoms with van der Waals surface area (Å²) in [6, 6.07) is -3.91. The Morgan fingerprint density at radius 3 is 1.58 bits per heavy atom. The quantitative estimate of drug-likeness (QED) is 0.0122. The number of imidazole rings is 1. The highest BCUT2D eigenvalue weighted by Gasteiger charge is 2.47. The van der Waals surface area contributed by atoms with E-state index in [1.54, 1.807) is 67.8 Å². The predicted octanol–water partition coefficient (Wildman–Crippen LogP) is -3.63. The maximum atomic E-state index is 16.0. The maximum absolute atomic E-state index is 16.0. The number of aliphatic carboxylic acids is 2. The molecule has 16 amide bonds. The molecule has 3 aliphatic heterocycles. The number of aliphatic hydroxyl groups excluding tert-OH is 1. The molecule has 0 aliphatic carbocycles. The van der Waals surface area contributed by atoms with Gasteiger partial charge in [-0.25, -0.2) is 4.98 Å². The van der Waals surface area contributed by atoms with Crippen LogP contribution in [0.15, 0.2) is 97.7 Å². The molecular weight excluding hydrogens is 1850 g/mol. The van der Waals surface area contributed by atoms with Crippen LogP contribution in [0.3, 0.4) is 0 Å². The lowest BCUT2D eigenvalue weighted by atomic mass is 9.99. The van der Waals surface area contributed by atoms with Gasteiger partial charge in [0.1, 0.15) is 90.3 Å². The van der Waals surface area contributed by atoms with Crippen molar-refractivity contribution in [3.05, 3.63) is 120 Å². The van der Waals surface area contributed by atoms with Crippen LogP contribution in [0.5, 0.6) is 5.75 Å². The van der Waals surface area contributed by atoms with Gasteiger partial charge in [0.2, 0.25) is 94.5 Å². The lowest BCUT2D eigenvalue weighted by molar-refractivity contribution is -0.149. The molecule has 3 aromatic heterocycles. The third kappa shape index (κ3) is 31.5. The number of rotatable bonds is 29. The molecule has 0 radical (unpaired) electrons. The van der Waals surface area contributed by atoms with Gasteiger partial charge in [-0.3, -0.25) is 97.1 Å². The number of amides is 16. The number of carbonyl (C=O) groups is 18. The number of nitrogens with two attached hydrogens (primary N) is 3. The molecule has 1 unspecified atom stereocenters. The van der Waals surface area contributed by atoms with Crippen molar-refractivity contribution >= 4 is 152 Å². The normalized spacial score (nSPS) is 24.1. The van der Waals surface area contributed by atoms with Crippen molar-refractivity contribution < 1.29 is 107 Å². The number of thioether (sulfide) groups is 1. The fourth-order valence-electron chi connectivity index (χ4n) is 17.0. The first-order valence-corrected chi connectivity index (χ1v) is 47.7. The summed E-state index contributed by atoms with van der Waals surface area (Å²) in [6.45, 7) is 3.15. The summed E-state index contributed by atoms with van der Waals surface area (Å²) < 4.78 is 0. The van der Waals surface area contributed by atoms with Crippen molar-refractivity contribution in [1.29, 1.82) is 10.8 Å². The van der Waals surface area contributed by atoms with E-state index in [1.165, 1.54) is 57.8 Å². The number of aromatic amines is 3. The third-order valence-electron chi connectivity index (χ3n) is 24.8. The number of aliphatic hydroxyl groups is 1. The minimum Gasteiger partial charge on any atom is -0.508 e. The lowest BCUT2D eigenvalue weighted by Crippen LogP contribution is -2.61. The molecule has 48 nitrogen and oxygen atoms in total. The van der Waals surface area contributed by atoms with Crippen LogP contribution in [-0.4, -0.2) is 339 Å². The predicted molar refractivity (Wildman–Crippen MR) is 513 cm³/mol. The molecule has 0 bridgehead atoms. The standard InChI is InChI=1S/C92H128N26O22S/c1-7-9-24-69-83(133)110-64(39-75(123)124)82(132)113-68(78(128)103-44-73(93)121)46-141-47-74(122)105-65(34-50-27-29-54(119)30-28-50)86(136)114(4)49(3)77(127)111-67(40-76(125)126)89(139)117-33-17-26-70(117)84(134)109-63(37-53-43-98-48-104-53)81(131)107-61(23-16-32-100-92(96)97)88(138)118-45-55(120)38-72(118)85(135)108-62(35-51-41-101-58-20-13-11-18-56(51)58)80(130)106-60(22-15-31-99-91(94)95)79(129)112-66(36-52-42-102-59-21-14-12-19-57(52)59)87(137)116(6)71(25-10-8-2)90(140)115(69)5/h11-14,18-21,27-30,41-43,48-49,55,60-72,101-102,119-120H,7-10,15-17,22-26,31-40,44-47H2,1-6H3,(H2,93,121)(H,98,104)(H,103,128)(H,105,122)(H,106,130)(H,107,131)(H,108,135)(H,109,134)(H,110,133)(H,111,127)(H,112,129)(H,113,132)(H,123,124)(H,125,126)(H4,94,95,99)(H4,96,97,100)/t49-,55+,60-,61-,62-,63-,64-,65-,66-,67-,68-,69-,70-,71-,72?/m0/s1. The number of aromatic hydroxyl groups is 1. The summed E-state index contributed by atoms with van der Waals surface area (Å²) >= 11 is 0.664. The smallest absolute Gasteiger partial charge is 0.305 e. The number of carboxylic acids is 2. The Morgan fingerprint density at radius 1 is 0.504 bits per heavy atom. The first-order chi connectivity index (χ1) is 67.1. The van der Waals surface area contributed by atoms with E-state index < -0.39 is 259 Å². The number of hydrogen-bond acceptors (Lipinski definition) is 24. The molecule has 49 heteroatoms. The number of nitrogens with zero attached hydrogens (tertiary/aromatic N) is 6. The molecule has 0 saturated carbocycles. The van der Waals surface area contributed by atoms with E-state index in [0.717, 1.165) is 31.5 Å². The lowest BCUT2D eigenvalue weighted by Gasteiger charge is -2.36. The van der Waals surface area contributed by atoms with Crippen LogP contribution in [0.25, 0.3) is 21.8 Å². The van der Waals surface area contributed by atoms with E-state index in [2.05, 4.69) is 83.7 Å². The van der Waals surface area contributed by atoms with Crippen LogP contribution >= 0.6 is 11.8 Å². The summed E-state index contributed by atoms with van der Waals surface area (Å²) in [5.41, 5.74) is 19.5. The molecule has 764 valence electrons. The number of para-hydroxylation sites is 2. The molecule has 3 aromatic carbocycles. The Hall–Kier alpha value is -14.9. The van der Waals surface area contributed by atoms with Crippen molar-refractivity contribution in [3.63, 3.8) is 0 Å². The summed E-state index contributed by atoms with van der Waals surface area (Å²) in [5.74, 6) is -21.9. The second-order valence-corrected chi connectivity index (χ2v) is 36.2. The maximum Gasteiger partial charge on any atom is 0.305 e. The summed E-state index contributed by atoms with van der Waals surface area (Å²) in [5, 5.41) is 90.7. The number of unbranched alkanes of at least 4 members (excludes halogenated alkanes) is 2. The Morgan fingerprint density at radius 2 is 1.00 bits per heavy atom. The molecule has 6 heterocycles. The van der Waals surface area contributed by atoms with Crippen LogP contribution < -0.4 is 81.0 Å². The average molecular weight is 1980 g/mol. The van der Waals surface area contributed by atoms with Crippen LogP contribution in [0.1, 0.15) is 139 Å². The monoisotopic (exact) mass is 1980 g/mol. The van der Waals surface area contributed by atoms with Crippen molar-refractivity contribution in [2.45, 2.75) is 233 Å². The average Bonchev–Trinajstić information content (AvgIpc) is 1.61. The van der Waals surface area contributed by atoms with Crippen LogP contribution in [-0.2, 0) is 112 Å². The van der Waals surface area contributed by atoms with E-state index in [9.17, 15) is 68.4 Å². The molecular formula is C92H128N26O22S. The van der Waals surface area contributed by atoms with Crippen LogP contribution in [0.4, 0.5) is 0 Å². The third-order valence-corrected chi connectivity index (χ3v) is 25.8. The number of nitrogens with one attached hydrogen (secondary N) is 17. The number of fused-ring (bicyclic) bond motifs is 4. The minimum atomic E-state index is -2.04. The largest absolute Gasteiger partial charge is 0.508 e. The van der Waals surface area contributed by atoms with E-state index in [4.69, 9.17) is 28.0 Å². The number of aromatic nitrogens is 4. The second kappa shape index (κ2) is 52.7. The molecule has 3 aliphatic rings. The number of benzene rings is 3. The van der Waals surface area contributed by atoms with E-state index in [-0.39, 0.29) is 115 Å². The van der Waals surface area contributed by atoms with E-state index in [0.29, 0.717) is 63.1 Å². The fourth-order valence-corrected chi connectivity index (χ4v) is 17.9. The Kier molecular flexibility index (Phi) is 41.0. The van der Waals surface area contributed by atoms with Gasteiger partial charge in [0.05, 0.1) is 43.3 Å². The highest BCUT2D eigenvalue weighted by Crippen LogP contribution is 2.28. The number of hydrogen-bond donors (Lipinski definition) is 24. The number of carboxylic acid groups (broad SMARTS) is 2. The molecule has 0 spiro atoms. The Labute approximate surface area is 815 Å². The van der Waals surface area contributed by atoms with Gasteiger partial charge in [-0.2, -0.15) is 0 Å². The van der Waals surface area contributed by atoms with Gasteiger partial charge in [0.15, 0.2) is 11.9 Å². The number of phenolic OH excluding ortho intramolecular Hbond substituents is 1. The molecule has 141 heavy (non-hydrogen) atoms. The minimum absolute atomic E-state index is 0.00668. The summed E-state index contributed by atoms with van der Waals surface area (Å²) in [6.07, 6.45) is 1.04. The second-order valence-electron chi connectivity index (χ2n) is 35.2. The Bertz CT molecular complexity index is 5490. The fraction of sp³-hybridized carbons (Fsp3) is 0.511. The topological polar surface area (TPSA) is 735 Å². The zero-order chi connectivity index (χ0) is 103. The van der Waals surface area contributed by atoms with Gasteiger partial charge < -0.3 is 141 Å². The molecule has 9 rings (SSSR count). The van der Waals surface area contributed by atoms with E-state index in [1.807, 2.05) is 6.92 Å². The van der Waals surface area contributed by atoms with Gasteiger partial charge in [0, 0.05) is 126 Å². The Balaban J connectivity index is 1.13. The highest BCUT2D eigenvalue weighted by atomic mass is 32.2. The van der Waals surface area contributed by atoms with Gasteiger partial charge >= 0.3 is 11.9 Å². The number of primary amides is 1. The first kappa shape index (κ1) is 110. The molecule has 6 aromatic rings. The van der Waals surface area contributed by atoms with Crippen molar-refractivity contribution in [3.8, 4) is 5.75 Å². The van der Waals surface area contributed by atoms with Crippen LogP contribution in [0.2, 0.25) is 0 Å². The SMILES string of the molecule is CCCC[C@H]1C(=O)N(C)[C@@H](CCCC)C(=O)N[C@@H](CC(=O)O)C(=O)N[C@H](C(=O)NCC(N)=O)CSCC(=O)N[C@@H](Cc2ccc(O)cc2)C(=O)N(C)[C@@H](C)C(=O)N[C@@H](CC(=O)O)C(=O)N2CCC[C@H]2C(=O)N[C@@H](Cc2c[nH]cn2)C(=O)N[C@@H](CCCNC(=N)N)C(=O)N2C[C@H](O)CC2C(=O)N[C@@H](Cc2c[nH]c3ccccc23)C(=O)N[C@@H](CCCNC(=N)N)C(=O)N[C@@H](Cc2c[nH]c3ccccc23)C(=O)N1C.